The second-order valence-corrected chi connectivity index (χ2v) is 5.12. The highest BCUT2D eigenvalue weighted by Crippen LogP contribution is 2.20. The van der Waals surface area contributed by atoms with Crippen molar-refractivity contribution in [2.75, 3.05) is 0 Å². The molecule has 24 heavy (non-hydrogen) atoms. The Morgan fingerprint density at radius 3 is 2.88 bits per heavy atom. The van der Waals surface area contributed by atoms with E-state index in [4.69, 9.17) is 10.6 Å². The van der Waals surface area contributed by atoms with Gasteiger partial charge in [-0.15, -0.1) is 5.10 Å². The fourth-order valence-corrected chi connectivity index (χ4v) is 2.22. The van der Waals surface area contributed by atoms with E-state index in [2.05, 4.69) is 20.8 Å². The summed E-state index contributed by atoms with van der Waals surface area (Å²) >= 11 is 0. The van der Waals surface area contributed by atoms with Crippen LogP contribution in [0.1, 0.15) is 29.4 Å². The molecule has 1 unspecified atom stereocenters. The first-order valence-electron chi connectivity index (χ1n) is 6.96. The van der Waals surface area contributed by atoms with Crippen LogP contribution in [0, 0.1) is 5.82 Å². The number of nitrogens with zero attached hydrogens (tertiary/aromatic N) is 4. The monoisotopic (exact) mass is 332 g/mol. The van der Waals surface area contributed by atoms with Gasteiger partial charge in [-0.05, 0) is 12.1 Å². The second kappa shape index (κ2) is 6.07. The number of aromatic nitrogens is 3. The predicted molar refractivity (Wildman–Crippen MR) is 79.7 cm³/mol. The number of amides is 2. The third kappa shape index (κ3) is 3.07. The van der Waals surface area contributed by atoms with Gasteiger partial charge < -0.3 is 15.9 Å². The van der Waals surface area contributed by atoms with E-state index >= 15 is 0 Å². The molecule has 0 fully saturated rings. The second-order valence-electron chi connectivity index (χ2n) is 5.12. The Bertz CT molecular complexity index is 847. The molecule has 2 heterocycles. The van der Waals surface area contributed by atoms with E-state index in [9.17, 15) is 14.0 Å². The Labute approximate surface area is 135 Å². The van der Waals surface area contributed by atoms with Gasteiger partial charge in [-0.1, -0.05) is 16.4 Å². The van der Waals surface area contributed by atoms with E-state index in [-0.39, 0.29) is 17.3 Å². The van der Waals surface area contributed by atoms with Gasteiger partial charge >= 0.3 is 0 Å². The van der Waals surface area contributed by atoms with Crippen molar-refractivity contribution >= 4 is 17.5 Å². The summed E-state index contributed by atoms with van der Waals surface area (Å²) < 4.78 is 15.5. The van der Waals surface area contributed by atoms with Gasteiger partial charge in [0.15, 0.2) is 5.69 Å². The Morgan fingerprint density at radius 1 is 1.46 bits per heavy atom. The van der Waals surface area contributed by atoms with Crippen LogP contribution in [0.3, 0.4) is 0 Å². The lowest BCUT2D eigenvalue weighted by atomic mass is 10.1. The van der Waals surface area contributed by atoms with Crippen molar-refractivity contribution < 1.29 is 18.8 Å². The molecule has 2 amide bonds. The Balaban J connectivity index is 1.80. The first-order valence-corrected chi connectivity index (χ1v) is 6.96. The minimum absolute atomic E-state index is 0.0646. The van der Waals surface area contributed by atoms with Crippen molar-refractivity contribution in [1.82, 2.24) is 20.3 Å². The first kappa shape index (κ1) is 15.6. The lowest BCUT2D eigenvalue weighted by molar-refractivity contribution is -0.122. The van der Waals surface area contributed by atoms with Crippen LogP contribution in [-0.2, 0) is 9.63 Å². The molecule has 1 aromatic heterocycles. The third-order valence-electron chi connectivity index (χ3n) is 3.31. The number of rotatable bonds is 4. The summed E-state index contributed by atoms with van der Waals surface area (Å²) in [5.74, 6) is -1.58. The summed E-state index contributed by atoms with van der Waals surface area (Å²) in [6.45, 7) is 1.37. The zero-order valence-corrected chi connectivity index (χ0v) is 12.6. The maximum Gasteiger partial charge on any atom is 0.270 e. The van der Waals surface area contributed by atoms with Gasteiger partial charge in [0.1, 0.15) is 11.5 Å². The maximum atomic E-state index is 14.3. The molecule has 0 bridgehead atoms. The summed E-state index contributed by atoms with van der Waals surface area (Å²) in [5.41, 5.74) is 6.16. The Hall–Kier alpha value is -3.30. The third-order valence-corrected chi connectivity index (χ3v) is 3.31. The van der Waals surface area contributed by atoms with E-state index in [0.717, 1.165) is 4.68 Å². The van der Waals surface area contributed by atoms with Gasteiger partial charge in [0.25, 0.3) is 5.91 Å². The molecular weight excluding hydrogens is 319 g/mol. The maximum absolute atomic E-state index is 14.3. The molecule has 0 spiro atoms. The zero-order chi connectivity index (χ0) is 17.3. The Kier molecular flexibility index (Phi) is 3.94. The Morgan fingerprint density at radius 2 is 2.25 bits per heavy atom. The number of halogens is 1. The summed E-state index contributed by atoms with van der Waals surface area (Å²) in [6.07, 6.45) is 1.01. The van der Waals surface area contributed by atoms with Crippen LogP contribution in [0.25, 0.3) is 5.69 Å². The van der Waals surface area contributed by atoms with Gasteiger partial charge in [-0.2, -0.15) is 0 Å². The molecule has 0 saturated carbocycles. The normalized spacial score (nSPS) is 16.4. The van der Waals surface area contributed by atoms with Crippen molar-refractivity contribution in [3.05, 3.63) is 41.5 Å². The highest BCUT2D eigenvalue weighted by molar-refractivity contribution is 6.01. The fourth-order valence-electron chi connectivity index (χ4n) is 2.22. The minimum Gasteiger partial charge on any atom is -0.370 e. The van der Waals surface area contributed by atoms with E-state index in [1.807, 2.05) is 0 Å². The van der Waals surface area contributed by atoms with Gasteiger partial charge in [-0.3, -0.25) is 9.59 Å². The molecule has 9 nitrogen and oxygen atoms in total. The van der Waals surface area contributed by atoms with Crippen molar-refractivity contribution in [2.45, 2.75) is 19.6 Å². The summed E-state index contributed by atoms with van der Waals surface area (Å²) in [5, 5.41) is 13.6. The summed E-state index contributed by atoms with van der Waals surface area (Å²) in [6, 6.07) is 4.36. The molecule has 1 aliphatic heterocycles. The number of nitrogens with two attached hydrogens (primary N) is 1. The first-order chi connectivity index (χ1) is 11.4. The number of primary amides is 1. The smallest absolute Gasteiger partial charge is 0.270 e. The molecule has 124 valence electrons. The molecule has 0 aliphatic carbocycles. The zero-order valence-electron chi connectivity index (χ0n) is 12.6. The minimum atomic E-state index is -0.750. The number of nitrogens with one attached hydrogen (secondary N) is 1. The lowest BCUT2D eigenvalue weighted by Gasteiger charge is -2.08. The largest absolute Gasteiger partial charge is 0.370 e. The van der Waals surface area contributed by atoms with Gasteiger partial charge in [-0.25, -0.2) is 9.07 Å². The van der Waals surface area contributed by atoms with Gasteiger partial charge in [0.2, 0.25) is 12.1 Å². The molecular formula is C14H13FN6O3. The quantitative estimate of drug-likeness (QED) is 0.821. The molecule has 3 N–H and O–H groups in total. The summed E-state index contributed by atoms with van der Waals surface area (Å²) in [4.78, 5) is 27.1. The number of carbonyl (C=O) groups is 2. The van der Waals surface area contributed by atoms with Crippen LogP contribution < -0.4 is 11.1 Å². The topological polar surface area (TPSA) is 124 Å². The van der Waals surface area contributed by atoms with Crippen LogP contribution in [0.5, 0.6) is 0 Å². The lowest BCUT2D eigenvalue weighted by Crippen LogP contribution is -2.32. The molecule has 1 aliphatic rings. The molecule has 1 atom stereocenters. The van der Waals surface area contributed by atoms with Crippen LogP contribution in [0.4, 0.5) is 4.39 Å². The molecule has 2 aromatic rings. The van der Waals surface area contributed by atoms with Crippen LogP contribution >= 0.6 is 0 Å². The van der Waals surface area contributed by atoms with E-state index < -0.39 is 18.0 Å². The van der Waals surface area contributed by atoms with E-state index in [0.29, 0.717) is 17.7 Å². The van der Waals surface area contributed by atoms with Crippen molar-refractivity contribution in [1.29, 1.82) is 0 Å². The van der Waals surface area contributed by atoms with Crippen molar-refractivity contribution in [3.8, 4) is 5.69 Å². The highest BCUT2D eigenvalue weighted by atomic mass is 19.1. The molecule has 1 aromatic carbocycles. The fraction of sp³-hybridized carbons (Fsp3) is 0.214. The van der Waals surface area contributed by atoms with Crippen LogP contribution in [-0.4, -0.2) is 38.7 Å². The standard InChI is InChI=1S/C14H13FN6O3/c1-7(22)17-13-5-10(19-24-13)8-2-3-12(9(15)4-8)21-6-11(14(16)23)18-20-21/h2-4,6,13H,5H2,1H3,(H2,16,23)(H,17,22). The van der Waals surface area contributed by atoms with E-state index in [1.165, 1.54) is 25.3 Å². The predicted octanol–water partition coefficient (Wildman–Crippen LogP) is 0.0919. The SMILES string of the molecule is CC(=O)NC1CC(c2ccc(-n3cc(C(N)=O)nn3)c(F)c2)=NO1. The molecule has 0 saturated heterocycles. The van der Waals surface area contributed by atoms with Gasteiger partial charge in [0, 0.05) is 12.5 Å². The summed E-state index contributed by atoms with van der Waals surface area (Å²) in [7, 11) is 0. The number of hydrogen-bond donors (Lipinski definition) is 2. The average Bonchev–Trinajstić information content (AvgIpc) is 3.15. The van der Waals surface area contributed by atoms with Crippen molar-refractivity contribution in [3.63, 3.8) is 0 Å². The number of hydrogen-bond acceptors (Lipinski definition) is 6. The van der Waals surface area contributed by atoms with E-state index in [1.54, 1.807) is 6.07 Å². The highest BCUT2D eigenvalue weighted by Gasteiger charge is 2.23. The molecule has 10 heteroatoms. The molecule has 3 rings (SSSR count). The number of benzene rings is 1. The van der Waals surface area contributed by atoms with Gasteiger partial charge in [0.05, 0.1) is 18.3 Å². The number of carbonyl (C=O) groups excluding carboxylic acids is 2. The molecule has 0 radical (unpaired) electrons. The number of oxime groups is 1. The van der Waals surface area contributed by atoms with Crippen LogP contribution in [0.2, 0.25) is 0 Å². The average molecular weight is 332 g/mol. The van der Waals surface area contributed by atoms with Crippen molar-refractivity contribution in [2.24, 2.45) is 10.9 Å². The van der Waals surface area contributed by atoms with Crippen LogP contribution in [0.15, 0.2) is 29.6 Å².